The van der Waals surface area contributed by atoms with E-state index in [4.69, 9.17) is 5.10 Å². The third kappa shape index (κ3) is 7.42. The second kappa shape index (κ2) is 13.1. The maximum atomic E-state index is 13.1. The molecule has 0 aliphatic rings. The van der Waals surface area contributed by atoms with Gasteiger partial charge in [0.25, 0.3) is 0 Å². The fraction of sp³-hybridized carbons (Fsp3) is 0.306. The van der Waals surface area contributed by atoms with Crippen molar-refractivity contribution in [1.82, 2.24) is 19.3 Å². The van der Waals surface area contributed by atoms with E-state index in [2.05, 4.69) is 62.2 Å². The lowest BCUT2D eigenvalue weighted by atomic mass is 9.87. The van der Waals surface area contributed by atoms with Crippen LogP contribution in [0, 0.1) is 0 Å². The standard InChI is InChI=1S/C36H40N4O3S/c1-5-39-34(38-40(35(39)41)25-28-17-20-31(21-18-28)36(2,3)4)16-10-12-27-11-9-13-30(23-27)33-22-19-29(24-37-33)26-44(42,43)32-14-7-6-8-15-32/h6-9,11,13-15,17-24H,5,10,12,16,25-26H2,1-4H3. The van der Waals surface area contributed by atoms with Crippen molar-refractivity contribution in [1.29, 1.82) is 0 Å². The van der Waals surface area contributed by atoms with Crippen molar-refractivity contribution >= 4 is 9.84 Å². The quantitative estimate of drug-likeness (QED) is 0.168. The van der Waals surface area contributed by atoms with Crippen molar-refractivity contribution in [3.63, 3.8) is 0 Å². The topological polar surface area (TPSA) is 86.8 Å². The molecule has 0 radical (unpaired) electrons. The highest BCUT2D eigenvalue weighted by molar-refractivity contribution is 7.90. The fourth-order valence-electron chi connectivity index (χ4n) is 5.32. The van der Waals surface area contributed by atoms with E-state index in [0.717, 1.165) is 35.5 Å². The monoisotopic (exact) mass is 608 g/mol. The molecular formula is C36H40N4O3S. The van der Waals surface area contributed by atoms with Gasteiger partial charge in [-0.3, -0.25) is 9.55 Å². The molecule has 0 aliphatic carbocycles. The van der Waals surface area contributed by atoms with Crippen LogP contribution >= 0.6 is 0 Å². The molecule has 0 N–H and O–H groups in total. The van der Waals surface area contributed by atoms with E-state index in [-0.39, 0.29) is 16.9 Å². The molecule has 2 heterocycles. The second-order valence-corrected chi connectivity index (χ2v) is 14.2. The smallest absolute Gasteiger partial charge is 0.279 e. The van der Waals surface area contributed by atoms with Gasteiger partial charge in [-0.05, 0) is 71.7 Å². The Morgan fingerprint density at radius 2 is 1.52 bits per heavy atom. The summed E-state index contributed by atoms with van der Waals surface area (Å²) in [5.74, 6) is 0.717. The van der Waals surface area contributed by atoms with Gasteiger partial charge in [0, 0.05) is 24.7 Å². The number of rotatable bonds is 11. The summed E-state index contributed by atoms with van der Waals surface area (Å²) < 4.78 is 28.8. The lowest BCUT2D eigenvalue weighted by molar-refractivity contribution is 0.588. The Morgan fingerprint density at radius 3 is 2.18 bits per heavy atom. The molecule has 0 atom stereocenters. The summed E-state index contributed by atoms with van der Waals surface area (Å²) in [6.07, 6.45) is 4.03. The van der Waals surface area contributed by atoms with Crippen molar-refractivity contribution in [3.05, 3.63) is 136 Å². The summed E-state index contributed by atoms with van der Waals surface area (Å²) in [4.78, 5) is 18.0. The van der Waals surface area contributed by atoms with Gasteiger partial charge in [-0.2, -0.15) is 5.10 Å². The van der Waals surface area contributed by atoms with Crippen molar-refractivity contribution in [2.24, 2.45) is 0 Å². The Kier molecular flexibility index (Phi) is 9.30. The Hall–Kier alpha value is -4.30. The molecule has 0 bridgehead atoms. The van der Waals surface area contributed by atoms with Crippen LogP contribution in [0.1, 0.15) is 62.2 Å². The predicted molar refractivity (Wildman–Crippen MR) is 175 cm³/mol. The largest absolute Gasteiger partial charge is 0.346 e. The van der Waals surface area contributed by atoms with Crippen LogP contribution in [-0.2, 0) is 46.9 Å². The van der Waals surface area contributed by atoms with Gasteiger partial charge in [-0.25, -0.2) is 17.9 Å². The normalized spacial score (nSPS) is 12.0. The van der Waals surface area contributed by atoms with E-state index < -0.39 is 9.84 Å². The third-order valence-electron chi connectivity index (χ3n) is 7.84. The third-order valence-corrected chi connectivity index (χ3v) is 9.54. The van der Waals surface area contributed by atoms with E-state index in [9.17, 15) is 13.2 Å². The fourth-order valence-corrected chi connectivity index (χ4v) is 6.67. The van der Waals surface area contributed by atoms with Crippen LogP contribution in [0.5, 0.6) is 0 Å². The predicted octanol–water partition coefficient (Wildman–Crippen LogP) is 6.62. The zero-order chi connectivity index (χ0) is 31.3. The molecular weight excluding hydrogens is 568 g/mol. The average Bonchev–Trinajstić information content (AvgIpc) is 3.31. The highest BCUT2D eigenvalue weighted by atomic mass is 32.2. The van der Waals surface area contributed by atoms with Gasteiger partial charge in [0.05, 0.1) is 22.9 Å². The molecule has 3 aromatic carbocycles. The molecule has 0 spiro atoms. The molecule has 0 amide bonds. The number of nitrogens with zero attached hydrogens (tertiary/aromatic N) is 4. The Bertz CT molecular complexity index is 1870. The van der Waals surface area contributed by atoms with Crippen LogP contribution in [0.15, 0.2) is 107 Å². The van der Waals surface area contributed by atoms with Gasteiger partial charge < -0.3 is 0 Å². The van der Waals surface area contributed by atoms with Crippen LogP contribution in [0.25, 0.3) is 11.3 Å². The van der Waals surface area contributed by atoms with Crippen LogP contribution in [-0.4, -0.2) is 27.7 Å². The van der Waals surface area contributed by atoms with Gasteiger partial charge in [0.2, 0.25) is 0 Å². The SMILES string of the molecule is CCn1c(CCCc2cccc(-c3ccc(CS(=O)(=O)c4ccccc4)cn3)c2)nn(Cc2ccc(C(C)(C)C)cc2)c1=O. The molecule has 0 aliphatic heterocycles. The Labute approximate surface area is 260 Å². The summed E-state index contributed by atoms with van der Waals surface area (Å²) >= 11 is 0. The number of benzene rings is 3. The molecule has 228 valence electrons. The minimum atomic E-state index is -3.43. The molecule has 2 aromatic heterocycles. The molecule has 44 heavy (non-hydrogen) atoms. The summed E-state index contributed by atoms with van der Waals surface area (Å²) in [6, 6.07) is 28.9. The zero-order valence-electron chi connectivity index (χ0n) is 25.9. The Morgan fingerprint density at radius 1 is 0.795 bits per heavy atom. The molecule has 0 saturated heterocycles. The first-order chi connectivity index (χ1) is 21.0. The van der Waals surface area contributed by atoms with Gasteiger partial charge >= 0.3 is 5.69 Å². The van der Waals surface area contributed by atoms with Crippen LogP contribution < -0.4 is 5.69 Å². The van der Waals surface area contributed by atoms with Crippen molar-refractivity contribution in [3.8, 4) is 11.3 Å². The summed E-state index contributed by atoms with van der Waals surface area (Å²) in [6.45, 7) is 9.59. The summed E-state index contributed by atoms with van der Waals surface area (Å²) in [5.41, 5.74) is 5.93. The van der Waals surface area contributed by atoms with Crippen molar-refractivity contribution in [2.75, 3.05) is 0 Å². The highest BCUT2D eigenvalue weighted by Gasteiger charge is 2.17. The minimum Gasteiger partial charge on any atom is -0.279 e. The number of hydrogen-bond donors (Lipinski definition) is 0. The number of pyridine rings is 1. The first kappa shape index (κ1) is 31.1. The highest BCUT2D eigenvalue weighted by Crippen LogP contribution is 2.23. The van der Waals surface area contributed by atoms with Crippen molar-refractivity contribution < 1.29 is 8.42 Å². The van der Waals surface area contributed by atoms with Crippen LogP contribution in [0.3, 0.4) is 0 Å². The van der Waals surface area contributed by atoms with Crippen molar-refractivity contribution in [2.45, 2.75) is 76.1 Å². The van der Waals surface area contributed by atoms with E-state index in [1.807, 2.05) is 31.2 Å². The lowest BCUT2D eigenvalue weighted by Gasteiger charge is -2.19. The molecule has 0 saturated carbocycles. The first-order valence-electron chi connectivity index (χ1n) is 15.1. The maximum absolute atomic E-state index is 13.1. The molecule has 8 heteroatoms. The van der Waals surface area contributed by atoms with E-state index in [1.165, 1.54) is 11.1 Å². The summed E-state index contributed by atoms with van der Waals surface area (Å²) in [5, 5.41) is 4.71. The average molecular weight is 609 g/mol. The maximum Gasteiger partial charge on any atom is 0.346 e. The molecule has 0 unspecified atom stereocenters. The number of hydrogen-bond acceptors (Lipinski definition) is 5. The molecule has 0 fully saturated rings. The van der Waals surface area contributed by atoms with E-state index >= 15 is 0 Å². The van der Waals surface area contributed by atoms with E-state index in [0.29, 0.717) is 30.0 Å². The molecule has 5 aromatic rings. The van der Waals surface area contributed by atoms with Crippen LogP contribution in [0.2, 0.25) is 0 Å². The number of sulfone groups is 1. The van der Waals surface area contributed by atoms with Gasteiger partial charge in [-0.1, -0.05) is 87.5 Å². The number of aromatic nitrogens is 4. The van der Waals surface area contributed by atoms with Gasteiger partial charge in [0.15, 0.2) is 9.84 Å². The van der Waals surface area contributed by atoms with E-state index in [1.54, 1.807) is 45.8 Å². The van der Waals surface area contributed by atoms with Gasteiger partial charge in [-0.15, -0.1) is 0 Å². The Balaban J connectivity index is 1.21. The van der Waals surface area contributed by atoms with Crippen LogP contribution in [0.4, 0.5) is 0 Å². The zero-order valence-corrected chi connectivity index (χ0v) is 26.7. The molecule has 5 rings (SSSR count). The first-order valence-corrected chi connectivity index (χ1v) is 16.8. The second-order valence-electron chi connectivity index (χ2n) is 12.2. The minimum absolute atomic E-state index is 0.0736. The lowest BCUT2D eigenvalue weighted by Crippen LogP contribution is -2.25. The van der Waals surface area contributed by atoms with Gasteiger partial charge in [0.1, 0.15) is 5.82 Å². The number of aryl methyl sites for hydroxylation is 2. The molecule has 7 nitrogen and oxygen atoms in total. The summed E-state index contributed by atoms with van der Waals surface area (Å²) in [7, 11) is -3.43.